The highest BCUT2D eigenvalue weighted by atomic mass is 127. The smallest absolute Gasteiger partial charge is 0.193 e. The first-order chi connectivity index (χ1) is 10.8. The number of guanidine groups is 1. The number of nitrogens with zero attached hydrogens (tertiary/aromatic N) is 3. The average Bonchev–Trinajstić information content (AvgIpc) is 3.18. The van der Waals surface area contributed by atoms with Gasteiger partial charge in [0, 0.05) is 44.1 Å². The Kier molecular flexibility index (Phi) is 8.06. The van der Waals surface area contributed by atoms with Crippen molar-refractivity contribution in [3.63, 3.8) is 0 Å². The van der Waals surface area contributed by atoms with Crippen molar-refractivity contribution < 1.29 is 4.74 Å². The first kappa shape index (κ1) is 19.4. The van der Waals surface area contributed by atoms with E-state index in [1.165, 1.54) is 15.1 Å². The van der Waals surface area contributed by atoms with Crippen LogP contribution in [0.1, 0.15) is 11.3 Å². The molecule has 0 aromatic carbocycles. The van der Waals surface area contributed by atoms with Gasteiger partial charge in [-0.3, -0.25) is 9.89 Å². The van der Waals surface area contributed by atoms with Gasteiger partial charge in [-0.2, -0.15) is 0 Å². The second kappa shape index (κ2) is 9.55. The molecule has 2 saturated heterocycles. The maximum Gasteiger partial charge on any atom is 0.193 e. The summed E-state index contributed by atoms with van der Waals surface area (Å²) >= 11 is 5.27. The largest absolute Gasteiger partial charge is 0.379 e. The van der Waals surface area contributed by atoms with E-state index in [0.717, 1.165) is 51.9 Å². The van der Waals surface area contributed by atoms with Gasteiger partial charge in [0.25, 0.3) is 0 Å². The summed E-state index contributed by atoms with van der Waals surface area (Å²) < 4.78 is 6.62. The predicted octanol–water partition coefficient (Wildman–Crippen LogP) is 2.61. The lowest BCUT2D eigenvalue weighted by molar-refractivity contribution is 0.0195. The molecule has 3 heterocycles. The molecule has 1 N–H and O–H groups in total. The minimum Gasteiger partial charge on any atom is -0.379 e. The maximum absolute atomic E-state index is 5.45. The van der Waals surface area contributed by atoms with Crippen molar-refractivity contribution in [2.45, 2.75) is 19.0 Å². The summed E-state index contributed by atoms with van der Waals surface area (Å²) in [6.45, 7) is 6.85. The highest BCUT2D eigenvalue weighted by Crippen LogP contribution is 2.22. The average molecular weight is 515 g/mol. The van der Waals surface area contributed by atoms with Crippen molar-refractivity contribution in [3.05, 3.63) is 20.8 Å². The number of morpholine rings is 1. The number of aliphatic imine (C=N–C) groups is 1. The zero-order valence-corrected chi connectivity index (χ0v) is 18.1. The van der Waals surface area contributed by atoms with Crippen molar-refractivity contribution in [1.29, 1.82) is 0 Å². The molecule has 5 nitrogen and oxygen atoms in total. The molecule has 2 aliphatic heterocycles. The van der Waals surface area contributed by atoms with E-state index in [1.807, 2.05) is 7.05 Å². The standard InChI is InChI=1S/C15H23BrN4OS.HI/c1-17-15(18-10-13-2-3-14(16)22-13)20-5-4-12(11-20)19-6-8-21-9-7-19;/h2-3,12H,4-11H2,1H3,(H,17,18);1H. The number of nitrogens with one attached hydrogen (secondary N) is 1. The Hall–Kier alpha value is 0.1000. The molecule has 0 saturated carbocycles. The SMILES string of the molecule is CN=C(NCc1ccc(Br)s1)N1CCC(N2CCOCC2)C1.I. The first-order valence-electron chi connectivity index (χ1n) is 7.78. The van der Waals surface area contributed by atoms with Crippen LogP contribution in [0.25, 0.3) is 0 Å². The van der Waals surface area contributed by atoms with Crippen LogP contribution in [0.3, 0.4) is 0 Å². The molecule has 0 amide bonds. The lowest BCUT2D eigenvalue weighted by Gasteiger charge is -2.32. The van der Waals surface area contributed by atoms with Crippen LogP contribution < -0.4 is 5.32 Å². The van der Waals surface area contributed by atoms with Crippen LogP contribution in [0.15, 0.2) is 20.9 Å². The molecule has 2 fully saturated rings. The number of likely N-dealkylation sites (tertiary alicyclic amines) is 1. The molecule has 23 heavy (non-hydrogen) atoms. The molecule has 2 aliphatic rings. The normalized spacial score (nSPS) is 23.0. The quantitative estimate of drug-likeness (QED) is 0.382. The fraction of sp³-hybridized carbons (Fsp3) is 0.667. The van der Waals surface area contributed by atoms with E-state index in [4.69, 9.17) is 4.74 Å². The summed E-state index contributed by atoms with van der Waals surface area (Å²) in [5.74, 6) is 1.01. The van der Waals surface area contributed by atoms with Crippen LogP contribution in [0.5, 0.6) is 0 Å². The van der Waals surface area contributed by atoms with Crippen molar-refractivity contribution in [1.82, 2.24) is 15.1 Å². The van der Waals surface area contributed by atoms with E-state index >= 15 is 0 Å². The highest BCUT2D eigenvalue weighted by molar-refractivity contribution is 14.0. The second-order valence-corrected chi connectivity index (χ2v) is 8.19. The van der Waals surface area contributed by atoms with Crippen LogP contribution in [-0.4, -0.2) is 68.2 Å². The number of rotatable bonds is 3. The molecule has 0 radical (unpaired) electrons. The number of ether oxygens (including phenoxy) is 1. The van der Waals surface area contributed by atoms with Gasteiger partial charge in [0.15, 0.2) is 5.96 Å². The van der Waals surface area contributed by atoms with E-state index in [1.54, 1.807) is 11.3 Å². The van der Waals surface area contributed by atoms with Gasteiger partial charge in [-0.05, 0) is 34.5 Å². The van der Waals surface area contributed by atoms with Crippen molar-refractivity contribution >= 4 is 57.2 Å². The van der Waals surface area contributed by atoms with Gasteiger partial charge in [0.2, 0.25) is 0 Å². The summed E-state index contributed by atoms with van der Waals surface area (Å²) in [5, 5.41) is 3.49. The predicted molar refractivity (Wildman–Crippen MR) is 110 cm³/mol. The van der Waals surface area contributed by atoms with Gasteiger partial charge in [-0.25, -0.2) is 0 Å². The summed E-state index contributed by atoms with van der Waals surface area (Å²) in [6, 6.07) is 4.88. The van der Waals surface area contributed by atoms with Crippen molar-refractivity contribution in [2.24, 2.45) is 4.99 Å². The van der Waals surface area contributed by atoms with Gasteiger partial charge < -0.3 is 15.0 Å². The van der Waals surface area contributed by atoms with Crippen molar-refractivity contribution in [2.75, 3.05) is 46.4 Å². The molecule has 1 atom stereocenters. The second-order valence-electron chi connectivity index (χ2n) is 5.64. The zero-order chi connectivity index (χ0) is 15.4. The molecular weight excluding hydrogens is 491 g/mol. The number of hydrogen-bond donors (Lipinski definition) is 1. The van der Waals surface area contributed by atoms with Gasteiger partial charge in [0.1, 0.15) is 0 Å². The van der Waals surface area contributed by atoms with Gasteiger partial charge in [-0.15, -0.1) is 35.3 Å². The number of halogens is 2. The lowest BCUT2D eigenvalue weighted by Crippen LogP contribution is -2.46. The molecule has 0 aliphatic carbocycles. The van der Waals surface area contributed by atoms with E-state index in [2.05, 4.69) is 48.2 Å². The van der Waals surface area contributed by atoms with E-state index in [9.17, 15) is 0 Å². The summed E-state index contributed by atoms with van der Waals surface area (Å²) in [7, 11) is 1.87. The summed E-state index contributed by atoms with van der Waals surface area (Å²) in [4.78, 5) is 10.7. The molecule has 130 valence electrons. The Labute approximate surface area is 167 Å². The maximum atomic E-state index is 5.45. The van der Waals surface area contributed by atoms with Crippen LogP contribution in [-0.2, 0) is 11.3 Å². The molecule has 1 aromatic heterocycles. The fourth-order valence-corrected chi connectivity index (χ4v) is 4.54. The Morgan fingerprint density at radius 3 is 2.83 bits per heavy atom. The topological polar surface area (TPSA) is 40.1 Å². The minimum absolute atomic E-state index is 0. The highest BCUT2D eigenvalue weighted by Gasteiger charge is 2.30. The Morgan fingerprint density at radius 1 is 1.39 bits per heavy atom. The van der Waals surface area contributed by atoms with Crippen LogP contribution in [0.4, 0.5) is 0 Å². The minimum atomic E-state index is 0. The Balaban J connectivity index is 0.00000192. The van der Waals surface area contributed by atoms with Crippen LogP contribution >= 0.6 is 51.2 Å². The van der Waals surface area contributed by atoms with Gasteiger partial charge >= 0.3 is 0 Å². The third kappa shape index (κ3) is 5.29. The zero-order valence-electron chi connectivity index (χ0n) is 13.3. The third-order valence-corrected chi connectivity index (χ3v) is 5.91. The molecule has 8 heteroatoms. The Morgan fingerprint density at radius 2 is 2.17 bits per heavy atom. The number of hydrogen-bond acceptors (Lipinski definition) is 4. The molecule has 1 aromatic rings. The monoisotopic (exact) mass is 514 g/mol. The molecule has 3 rings (SSSR count). The third-order valence-electron chi connectivity index (χ3n) is 4.29. The van der Waals surface area contributed by atoms with Gasteiger partial charge in [0.05, 0.1) is 23.5 Å². The summed E-state index contributed by atoms with van der Waals surface area (Å²) in [5.41, 5.74) is 0. The Bertz CT molecular complexity index is 521. The first-order valence-corrected chi connectivity index (χ1v) is 9.39. The molecule has 1 unspecified atom stereocenters. The fourth-order valence-electron chi connectivity index (χ4n) is 3.12. The lowest BCUT2D eigenvalue weighted by atomic mass is 10.2. The van der Waals surface area contributed by atoms with E-state index in [-0.39, 0.29) is 24.0 Å². The number of thiophene rings is 1. The molecular formula is C15H24BrIN4OS. The van der Waals surface area contributed by atoms with E-state index < -0.39 is 0 Å². The molecule has 0 spiro atoms. The summed E-state index contributed by atoms with van der Waals surface area (Å²) in [6.07, 6.45) is 1.21. The van der Waals surface area contributed by atoms with Crippen LogP contribution in [0.2, 0.25) is 0 Å². The van der Waals surface area contributed by atoms with Gasteiger partial charge in [-0.1, -0.05) is 0 Å². The van der Waals surface area contributed by atoms with Crippen LogP contribution in [0, 0.1) is 0 Å². The van der Waals surface area contributed by atoms with Crippen molar-refractivity contribution in [3.8, 4) is 0 Å². The van der Waals surface area contributed by atoms with E-state index in [0.29, 0.717) is 6.04 Å². The molecule has 0 bridgehead atoms.